The van der Waals surface area contributed by atoms with E-state index in [9.17, 15) is 8.42 Å². The third kappa shape index (κ3) is 8.09. The molecule has 0 aliphatic heterocycles. The average Bonchev–Trinajstić information content (AvgIpc) is 2.16. The second kappa shape index (κ2) is 8.92. The topological polar surface area (TPSA) is 93.8 Å². The molecule has 0 aromatic carbocycles. The first-order valence-electron chi connectivity index (χ1n) is 5.46. The first-order valence-corrected chi connectivity index (χ1v) is 7.11. The van der Waals surface area contributed by atoms with E-state index < -0.39 is 14.6 Å². The lowest BCUT2D eigenvalue weighted by Gasteiger charge is -2.19. The van der Waals surface area contributed by atoms with Crippen LogP contribution in [0, 0.1) is 0 Å². The monoisotopic (exact) mass is 393 g/mol. The van der Waals surface area contributed by atoms with Gasteiger partial charge in [0.15, 0.2) is 15.8 Å². The summed E-state index contributed by atoms with van der Waals surface area (Å²) in [5, 5.41) is 2.76. The Hall–Kier alpha value is -0.0900. The van der Waals surface area contributed by atoms with Crippen LogP contribution in [-0.2, 0) is 14.6 Å². The van der Waals surface area contributed by atoms with Crippen molar-refractivity contribution in [2.24, 2.45) is 10.7 Å². The summed E-state index contributed by atoms with van der Waals surface area (Å²) in [6, 6.07) is 0. The van der Waals surface area contributed by atoms with Gasteiger partial charge in [0, 0.05) is 13.7 Å². The van der Waals surface area contributed by atoms with Gasteiger partial charge in [0.25, 0.3) is 0 Å². The molecule has 0 aliphatic carbocycles. The quantitative estimate of drug-likeness (QED) is 0.294. The number of nitrogens with one attached hydrogen (secondary N) is 1. The number of rotatable bonds is 6. The summed E-state index contributed by atoms with van der Waals surface area (Å²) in [6.07, 6.45) is 0. The molecule has 0 spiro atoms. The molecule has 0 saturated heterocycles. The van der Waals surface area contributed by atoms with Gasteiger partial charge in [0.1, 0.15) is 0 Å². The summed E-state index contributed by atoms with van der Waals surface area (Å²) in [4.78, 5) is 3.96. The third-order valence-electron chi connectivity index (χ3n) is 2.19. The minimum Gasteiger partial charge on any atom is -0.383 e. The number of nitrogens with zero attached hydrogens (tertiary/aromatic N) is 1. The van der Waals surface area contributed by atoms with Gasteiger partial charge in [0.2, 0.25) is 0 Å². The van der Waals surface area contributed by atoms with Gasteiger partial charge < -0.3 is 15.8 Å². The molecule has 0 aromatic heterocycles. The third-order valence-corrected chi connectivity index (χ3v) is 4.80. The summed E-state index contributed by atoms with van der Waals surface area (Å²) in [5.74, 6) is 0.281. The molecule has 0 unspecified atom stereocenters. The van der Waals surface area contributed by atoms with Gasteiger partial charge in [-0.2, -0.15) is 0 Å². The smallest absolute Gasteiger partial charge is 0.188 e. The predicted octanol–water partition coefficient (Wildman–Crippen LogP) is 0.368. The van der Waals surface area contributed by atoms with Crippen molar-refractivity contribution >= 4 is 39.8 Å². The summed E-state index contributed by atoms with van der Waals surface area (Å²) in [5.41, 5.74) is 5.54. The lowest BCUT2D eigenvalue weighted by molar-refractivity contribution is 0.208. The molecule has 0 fully saturated rings. The van der Waals surface area contributed by atoms with Crippen LogP contribution in [0.15, 0.2) is 4.99 Å². The Kier molecular flexibility index (Phi) is 10.0. The predicted molar refractivity (Wildman–Crippen MR) is 85.3 cm³/mol. The summed E-state index contributed by atoms with van der Waals surface area (Å²) in [7, 11) is -1.54. The summed E-state index contributed by atoms with van der Waals surface area (Å²) < 4.78 is 27.6. The number of ether oxygens (including phenoxy) is 1. The van der Waals surface area contributed by atoms with Gasteiger partial charge in [-0.05, 0) is 20.8 Å². The van der Waals surface area contributed by atoms with Gasteiger partial charge in [-0.15, -0.1) is 24.0 Å². The van der Waals surface area contributed by atoms with Crippen molar-refractivity contribution in [2.75, 3.05) is 32.6 Å². The molecular weight excluding hydrogens is 369 g/mol. The summed E-state index contributed by atoms with van der Waals surface area (Å²) in [6.45, 7) is 6.25. The number of aliphatic imine (C=N–C) groups is 1. The Morgan fingerprint density at radius 3 is 2.39 bits per heavy atom. The van der Waals surface area contributed by atoms with Crippen molar-refractivity contribution in [3.05, 3.63) is 0 Å². The first kappa shape index (κ1) is 20.2. The Morgan fingerprint density at radius 2 is 1.94 bits per heavy atom. The highest BCUT2D eigenvalue weighted by atomic mass is 127. The van der Waals surface area contributed by atoms with Crippen LogP contribution < -0.4 is 11.1 Å². The van der Waals surface area contributed by atoms with Gasteiger partial charge in [-0.1, -0.05) is 0 Å². The Bertz CT molecular complexity index is 350. The molecule has 18 heavy (non-hydrogen) atoms. The molecule has 6 nitrogen and oxygen atoms in total. The molecule has 0 aliphatic rings. The fourth-order valence-electron chi connectivity index (χ4n) is 0.933. The van der Waals surface area contributed by atoms with E-state index in [1.165, 1.54) is 0 Å². The normalized spacial score (nSPS) is 13.0. The molecule has 0 radical (unpaired) electrons. The summed E-state index contributed by atoms with van der Waals surface area (Å²) >= 11 is 0. The zero-order valence-electron chi connectivity index (χ0n) is 11.4. The van der Waals surface area contributed by atoms with E-state index in [1.807, 2.05) is 0 Å². The first-order chi connectivity index (χ1) is 7.70. The number of methoxy groups -OCH3 is 1. The lowest BCUT2D eigenvalue weighted by atomic mass is 10.3. The number of halogens is 1. The van der Waals surface area contributed by atoms with E-state index in [4.69, 9.17) is 10.5 Å². The number of hydrogen-bond acceptors (Lipinski definition) is 4. The van der Waals surface area contributed by atoms with E-state index in [0.29, 0.717) is 13.2 Å². The molecule has 0 rings (SSSR count). The van der Waals surface area contributed by atoms with Crippen LogP contribution >= 0.6 is 24.0 Å². The van der Waals surface area contributed by atoms with E-state index in [1.54, 1.807) is 27.9 Å². The average molecular weight is 393 g/mol. The minimum atomic E-state index is -3.12. The maximum atomic E-state index is 11.8. The molecule has 0 amide bonds. The SMILES string of the molecule is COCCN=C(N)NCCS(=O)(=O)C(C)(C)C.I. The Balaban J connectivity index is 0. The van der Waals surface area contributed by atoms with E-state index >= 15 is 0 Å². The van der Waals surface area contributed by atoms with Crippen molar-refractivity contribution in [2.45, 2.75) is 25.5 Å². The van der Waals surface area contributed by atoms with Crippen molar-refractivity contribution in [3.63, 3.8) is 0 Å². The molecule has 110 valence electrons. The number of nitrogens with two attached hydrogens (primary N) is 1. The van der Waals surface area contributed by atoms with Crippen LogP contribution in [0.5, 0.6) is 0 Å². The zero-order valence-corrected chi connectivity index (χ0v) is 14.5. The van der Waals surface area contributed by atoms with Crippen LogP contribution in [0.1, 0.15) is 20.8 Å². The highest BCUT2D eigenvalue weighted by Crippen LogP contribution is 2.14. The molecule has 3 N–H and O–H groups in total. The molecule has 0 heterocycles. The molecule has 0 atom stereocenters. The molecule has 0 bridgehead atoms. The minimum absolute atomic E-state index is 0. The largest absolute Gasteiger partial charge is 0.383 e. The number of guanidine groups is 1. The Morgan fingerprint density at radius 1 is 1.39 bits per heavy atom. The second-order valence-corrected chi connectivity index (χ2v) is 7.48. The van der Waals surface area contributed by atoms with Crippen LogP contribution in [0.25, 0.3) is 0 Å². The zero-order chi connectivity index (χ0) is 13.5. The molecule has 0 saturated carbocycles. The fourth-order valence-corrected chi connectivity index (χ4v) is 1.92. The van der Waals surface area contributed by atoms with Crippen LogP contribution in [0.4, 0.5) is 0 Å². The number of sulfone groups is 1. The fraction of sp³-hybridized carbons (Fsp3) is 0.900. The highest BCUT2D eigenvalue weighted by Gasteiger charge is 2.28. The van der Waals surface area contributed by atoms with Crippen LogP contribution in [0.2, 0.25) is 0 Å². The second-order valence-electron chi connectivity index (χ2n) is 4.62. The van der Waals surface area contributed by atoms with E-state index in [0.717, 1.165) is 0 Å². The van der Waals surface area contributed by atoms with Crippen molar-refractivity contribution in [1.82, 2.24) is 5.32 Å². The van der Waals surface area contributed by atoms with Gasteiger partial charge >= 0.3 is 0 Å². The van der Waals surface area contributed by atoms with Gasteiger partial charge in [0.05, 0.1) is 23.7 Å². The standard InChI is InChI=1S/C10H23N3O3S.HI/c1-10(2,3)17(14,15)8-6-13-9(11)12-5-7-16-4;/h5-8H2,1-4H3,(H3,11,12,13);1H. The van der Waals surface area contributed by atoms with Gasteiger partial charge in [-0.3, -0.25) is 4.99 Å². The lowest BCUT2D eigenvalue weighted by Crippen LogP contribution is -2.39. The highest BCUT2D eigenvalue weighted by molar-refractivity contribution is 14.0. The van der Waals surface area contributed by atoms with Crippen molar-refractivity contribution in [3.8, 4) is 0 Å². The molecule has 0 aromatic rings. The maximum Gasteiger partial charge on any atom is 0.188 e. The van der Waals surface area contributed by atoms with Crippen molar-refractivity contribution < 1.29 is 13.2 Å². The molecular formula is C10H24IN3O3S. The van der Waals surface area contributed by atoms with Crippen LogP contribution in [0.3, 0.4) is 0 Å². The van der Waals surface area contributed by atoms with Crippen molar-refractivity contribution in [1.29, 1.82) is 0 Å². The van der Waals surface area contributed by atoms with E-state index in [2.05, 4.69) is 10.3 Å². The van der Waals surface area contributed by atoms with Gasteiger partial charge in [-0.25, -0.2) is 8.42 Å². The number of hydrogen-bond donors (Lipinski definition) is 2. The Labute approximate surface area is 127 Å². The molecule has 8 heteroatoms. The van der Waals surface area contributed by atoms with E-state index in [-0.39, 0.29) is 42.2 Å². The maximum absolute atomic E-state index is 11.8. The van der Waals surface area contributed by atoms with Crippen LogP contribution in [-0.4, -0.2) is 51.7 Å².